The van der Waals surface area contributed by atoms with Gasteiger partial charge in [-0.3, -0.25) is 9.20 Å². The number of anilines is 3. The zero-order valence-electron chi connectivity index (χ0n) is 23.7. The molecule has 5 aromatic rings. The first-order valence-corrected chi connectivity index (χ1v) is 14.0. The van der Waals surface area contributed by atoms with Crippen molar-refractivity contribution < 1.29 is 22.8 Å². The quantitative estimate of drug-likeness (QED) is 0.209. The van der Waals surface area contributed by atoms with Crippen LogP contribution < -0.4 is 22.1 Å². The Bertz CT molecular complexity index is 1920. The van der Waals surface area contributed by atoms with E-state index in [1.807, 2.05) is 12.1 Å². The summed E-state index contributed by atoms with van der Waals surface area (Å²) in [5, 5.41) is 6.58. The number of aromatic nitrogens is 3. The van der Waals surface area contributed by atoms with Gasteiger partial charge in [-0.2, -0.15) is 13.2 Å². The maximum atomic E-state index is 13.6. The smallest absolute Gasteiger partial charge is 0.382 e. The molecule has 0 aliphatic carbocycles. The molecule has 1 fully saturated rings. The van der Waals surface area contributed by atoms with Gasteiger partial charge in [-0.05, 0) is 49.4 Å². The van der Waals surface area contributed by atoms with Crippen LogP contribution >= 0.6 is 0 Å². The maximum Gasteiger partial charge on any atom is 0.416 e. The van der Waals surface area contributed by atoms with Gasteiger partial charge in [-0.1, -0.05) is 36.4 Å². The van der Waals surface area contributed by atoms with Gasteiger partial charge >= 0.3 is 12.2 Å². The van der Waals surface area contributed by atoms with Crippen LogP contribution in [0.25, 0.3) is 27.5 Å². The number of rotatable bonds is 4. The predicted octanol–water partition coefficient (Wildman–Crippen LogP) is 5.67. The van der Waals surface area contributed by atoms with Crippen molar-refractivity contribution >= 4 is 45.4 Å². The maximum absolute atomic E-state index is 13.6. The topological polar surface area (TPSA) is 144 Å². The van der Waals surface area contributed by atoms with Crippen molar-refractivity contribution in [3.05, 3.63) is 83.9 Å². The average Bonchev–Trinajstić information content (AvgIpc) is 3.34. The number of hydrogen-bond acceptors (Lipinski definition) is 6. The number of nitrogen functional groups attached to an aromatic ring is 1. The van der Waals surface area contributed by atoms with E-state index in [-0.39, 0.29) is 23.5 Å². The lowest BCUT2D eigenvalue weighted by atomic mass is 10.00. The van der Waals surface area contributed by atoms with Crippen molar-refractivity contribution in [1.82, 2.24) is 19.3 Å². The van der Waals surface area contributed by atoms with Crippen molar-refractivity contribution in [2.24, 2.45) is 5.73 Å². The van der Waals surface area contributed by atoms with Gasteiger partial charge < -0.3 is 27.0 Å². The summed E-state index contributed by atoms with van der Waals surface area (Å²) in [5.41, 5.74) is 14.1. The molecule has 6 rings (SSSR count). The van der Waals surface area contributed by atoms with E-state index < -0.39 is 17.8 Å². The fourth-order valence-corrected chi connectivity index (χ4v) is 5.68. The third kappa shape index (κ3) is 5.37. The van der Waals surface area contributed by atoms with E-state index in [0.717, 1.165) is 30.4 Å². The number of fused-ring (bicyclic) bond motifs is 2. The van der Waals surface area contributed by atoms with Crippen LogP contribution in [0, 0.1) is 6.92 Å². The number of amides is 3. The molecule has 1 saturated heterocycles. The Kier molecular flexibility index (Phi) is 7.33. The molecular formula is C31H29F3N8O2. The van der Waals surface area contributed by atoms with E-state index >= 15 is 0 Å². The molecule has 1 atom stereocenters. The minimum atomic E-state index is -4.54. The number of piperidine rings is 1. The Morgan fingerprint density at radius 2 is 1.80 bits per heavy atom. The van der Waals surface area contributed by atoms with E-state index in [2.05, 4.69) is 15.6 Å². The molecule has 3 amide bonds. The first kappa shape index (κ1) is 28.9. The van der Waals surface area contributed by atoms with Crippen LogP contribution in [0.15, 0.2) is 66.9 Å². The van der Waals surface area contributed by atoms with Crippen molar-refractivity contribution in [2.45, 2.75) is 32.0 Å². The summed E-state index contributed by atoms with van der Waals surface area (Å²) < 4.78 is 41.1. The Labute approximate surface area is 249 Å². The number of likely N-dealkylation sites (tertiary alicyclic amines) is 1. The lowest BCUT2D eigenvalue weighted by Gasteiger charge is -2.31. The first-order valence-electron chi connectivity index (χ1n) is 14.0. The SMILES string of the molecule is Cc1nc(-c2ccc(NC(=O)Nc3cccc(C(F)(F)F)c3)c3ccccc23)c2c(N)ncc(C(=O)N3CCC[C@H](N)C3)n12. The molecule has 226 valence electrons. The Morgan fingerprint density at radius 3 is 2.55 bits per heavy atom. The summed E-state index contributed by atoms with van der Waals surface area (Å²) in [6.07, 6.45) is -1.41. The fourth-order valence-electron chi connectivity index (χ4n) is 5.68. The highest BCUT2D eigenvalue weighted by Crippen LogP contribution is 2.37. The predicted molar refractivity (Wildman–Crippen MR) is 162 cm³/mol. The number of nitrogens with two attached hydrogens (primary N) is 2. The van der Waals surface area contributed by atoms with Gasteiger partial charge in [0, 0.05) is 35.8 Å². The number of imidazole rings is 1. The molecule has 10 nitrogen and oxygen atoms in total. The van der Waals surface area contributed by atoms with E-state index in [0.29, 0.717) is 52.5 Å². The zero-order chi connectivity index (χ0) is 31.2. The summed E-state index contributed by atoms with van der Waals surface area (Å²) in [7, 11) is 0. The van der Waals surface area contributed by atoms with Crippen LogP contribution in [-0.2, 0) is 6.18 Å². The van der Waals surface area contributed by atoms with Gasteiger partial charge in [0.25, 0.3) is 5.91 Å². The summed E-state index contributed by atoms with van der Waals surface area (Å²) in [4.78, 5) is 37.3. The number of carbonyl (C=O) groups is 2. The van der Waals surface area contributed by atoms with Crippen LogP contribution in [0.5, 0.6) is 0 Å². The monoisotopic (exact) mass is 602 g/mol. The van der Waals surface area contributed by atoms with E-state index in [1.165, 1.54) is 18.3 Å². The summed E-state index contributed by atoms with van der Waals surface area (Å²) in [6, 6.07) is 14.3. The van der Waals surface area contributed by atoms with E-state index in [9.17, 15) is 22.8 Å². The Morgan fingerprint density at radius 1 is 1.02 bits per heavy atom. The number of carbonyl (C=O) groups excluding carboxylic acids is 2. The van der Waals surface area contributed by atoms with Crippen LogP contribution in [-0.4, -0.2) is 50.3 Å². The molecule has 0 saturated carbocycles. The zero-order valence-corrected chi connectivity index (χ0v) is 23.7. The minimum Gasteiger partial charge on any atom is -0.382 e. The summed E-state index contributed by atoms with van der Waals surface area (Å²) in [5.74, 6) is 0.528. The Balaban J connectivity index is 1.36. The molecule has 0 unspecified atom stereocenters. The second-order valence-corrected chi connectivity index (χ2v) is 10.7. The molecule has 0 spiro atoms. The van der Waals surface area contributed by atoms with Crippen LogP contribution in [0.4, 0.5) is 35.2 Å². The van der Waals surface area contributed by atoms with Gasteiger partial charge in [-0.25, -0.2) is 14.8 Å². The van der Waals surface area contributed by atoms with Crippen molar-refractivity contribution in [3.63, 3.8) is 0 Å². The molecule has 1 aliphatic rings. The first-order chi connectivity index (χ1) is 21.0. The Hall–Kier alpha value is -5.17. The van der Waals surface area contributed by atoms with Crippen molar-refractivity contribution in [1.29, 1.82) is 0 Å². The van der Waals surface area contributed by atoms with Gasteiger partial charge in [0.1, 0.15) is 28.5 Å². The lowest BCUT2D eigenvalue weighted by molar-refractivity contribution is -0.137. The molecule has 2 aromatic heterocycles. The van der Waals surface area contributed by atoms with Gasteiger partial charge in [0.2, 0.25) is 0 Å². The number of benzene rings is 3. The van der Waals surface area contributed by atoms with Gasteiger partial charge in [0.15, 0.2) is 0 Å². The van der Waals surface area contributed by atoms with Crippen LogP contribution in [0.3, 0.4) is 0 Å². The molecule has 3 aromatic carbocycles. The molecule has 0 bridgehead atoms. The molecule has 13 heteroatoms. The lowest BCUT2D eigenvalue weighted by Crippen LogP contribution is -2.46. The second kappa shape index (κ2) is 11.2. The summed E-state index contributed by atoms with van der Waals surface area (Å²) >= 11 is 0. The molecule has 6 N–H and O–H groups in total. The van der Waals surface area contributed by atoms with Crippen LogP contribution in [0.1, 0.15) is 34.7 Å². The largest absolute Gasteiger partial charge is 0.416 e. The van der Waals surface area contributed by atoms with E-state index in [1.54, 1.807) is 40.5 Å². The highest BCUT2D eigenvalue weighted by molar-refractivity contribution is 6.11. The standard InChI is InChI=1S/C31H29F3N8O2/c1-17-38-26(27-28(36)37-15-25(42(17)27)29(43)41-13-5-7-19(35)16-41)23-11-12-24(22-10-3-2-9-21(22)23)40-30(44)39-20-8-4-6-18(14-20)31(32,33)34/h2-4,6,8-12,14-15,19H,5,7,13,16,35H2,1H3,(H2,36,37)(H2,39,40,44)/t19-/m0/s1. The molecular weight excluding hydrogens is 573 g/mol. The number of nitrogens with zero attached hydrogens (tertiary/aromatic N) is 4. The number of aryl methyl sites for hydroxylation is 1. The van der Waals surface area contributed by atoms with Crippen molar-refractivity contribution in [3.8, 4) is 11.3 Å². The molecule has 44 heavy (non-hydrogen) atoms. The molecule has 1 aliphatic heterocycles. The number of halogens is 3. The highest BCUT2D eigenvalue weighted by atomic mass is 19.4. The van der Waals surface area contributed by atoms with Gasteiger partial charge in [0.05, 0.1) is 17.4 Å². The number of alkyl halides is 3. The van der Waals surface area contributed by atoms with E-state index in [4.69, 9.17) is 16.5 Å². The highest BCUT2D eigenvalue weighted by Gasteiger charge is 2.31. The normalized spacial score (nSPS) is 15.5. The average molecular weight is 603 g/mol. The number of hydrogen-bond donors (Lipinski definition) is 4. The number of nitrogens with one attached hydrogen (secondary N) is 2. The number of urea groups is 1. The molecule has 3 heterocycles. The van der Waals surface area contributed by atoms with Gasteiger partial charge in [-0.15, -0.1) is 0 Å². The van der Waals surface area contributed by atoms with Crippen LogP contribution in [0.2, 0.25) is 0 Å². The second-order valence-electron chi connectivity index (χ2n) is 10.7. The molecule has 0 radical (unpaired) electrons. The fraction of sp³-hybridized carbons (Fsp3) is 0.226. The summed E-state index contributed by atoms with van der Waals surface area (Å²) in [6.45, 7) is 2.83. The third-order valence-corrected chi connectivity index (χ3v) is 7.69. The minimum absolute atomic E-state index is 0.00179. The third-order valence-electron chi connectivity index (χ3n) is 7.69. The van der Waals surface area contributed by atoms with Crippen molar-refractivity contribution in [2.75, 3.05) is 29.5 Å².